The largest absolute Gasteiger partial charge is 0.458 e. The summed E-state index contributed by atoms with van der Waals surface area (Å²) in [6, 6.07) is 0. The zero-order valence-corrected chi connectivity index (χ0v) is 12.1. The second kappa shape index (κ2) is 4.55. The van der Waals surface area contributed by atoms with Gasteiger partial charge in [-0.3, -0.25) is 4.79 Å². The molecule has 2 fully saturated rings. The third-order valence-corrected chi connectivity index (χ3v) is 5.21. The van der Waals surface area contributed by atoms with Crippen molar-refractivity contribution in [3.63, 3.8) is 0 Å². The van der Waals surface area contributed by atoms with Gasteiger partial charge in [-0.05, 0) is 31.9 Å². The van der Waals surface area contributed by atoms with Crippen LogP contribution >= 0.6 is 0 Å². The van der Waals surface area contributed by atoms with Crippen molar-refractivity contribution in [3.05, 3.63) is 11.6 Å². The lowest BCUT2D eigenvalue weighted by Gasteiger charge is -2.24. The summed E-state index contributed by atoms with van der Waals surface area (Å²) in [5.41, 5.74) is 0.137. The van der Waals surface area contributed by atoms with Gasteiger partial charge in [-0.2, -0.15) is 0 Å². The molecular weight excluding hydrogens is 260 g/mol. The van der Waals surface area contributed by atoms with Crippen LogP contribution in [0.15, 0.2) is 11.6 Å². The summed E-state index contributed by atoms with van der Waals surface area (Å²) >= 11 is 0. The molecule has 3 rings (SSSR count). The zero-order valence-electron chi connectivity index (χ0n) is 12.1. The molecule has 5 heteroatoms. The molecule has 20 heavy (non-hydrogen) atoms. The van der Waals surface area contributed by atoms with Crippen LogP contribution in [-0.2, 0) is 14.3 Å². The van der Waals surface area contributed by atoms with E-state index in [1.807, 2.05) is 19.9 Å². The Kier molecular flexibility index (Phi) is 3.19. The number of carbonyl (C=O) groups is 1. The first-order valence-corrected chi connectivity index (χ1v) is 7.25. The van der Waals surface area contributed by atoms with Gasteiger partial charge in [0.2, 0.25) is 0 Å². The minimum Gasteiger partial charge on any atom is -0.458 e. The number of hydrogen-bond acceptors (Lipinski definition) is 5. The lowest BCUT2D eigenvalue weighted by Crippen LogP contribution is -2.35. The summed E-state index contributed by atoms with van der Waals surface area (Å²) in [5.74, 6) is -0.325. The minimum absolute atomic E-state index is 0.0433. The average Bonchev–Trinajstić information content (AvgIpc) is 2.97. The molecule has 112 valence electrons. The highest BCUT2D eigenvalue weighted by Crippen LogP contribution is 2.48. The molecule has 0 bridgehead atoms. The summed E-state index contributed by atoms with van der Waals surface area (Å²) in [7, 11) is 0. The maximum atomic E-state index is 11.8. The van der Waals surface area contributed by atoms with Crippen molar-refractivity contribution >= 4 is 5.97 Å². The van der Waals surface area contributed by atoms with Crippen molar-refractivity contribution in [2.45, 2.75) is 63.6 Å². The normalized spacial score (nSPS) is 54.2. The van der Waals surface area contributed by atoms with Crippen LogP contribution in [0, 0.1) is 11.8 Å². The van der Waals surface area contributed by atoms with E-state index >= 15 is 0 Å². The summed E-state index contributed by atoms with van der Waals surface area (Å²) < 4.78 is 11.1. The zero-order chi connectivity index (χ0) is 14.7. The van der Waals surface area contributed by atoms with E-state index in [2.05, 4.69) is 0 Å². The van der Waals surface area contributed by atoms with Gasteiger partial charge in [-0.25, -0.2) is 0 Å². The maximum Gasteiger partial charge on any atom is 0.309 e. The molecule has 0 aromatic rings. The van der Waals surface area contributed by atoms with E-state index in [1.54, 1.807) is 6.92 Å². The monoisotopic (exact) mass is 282 g/mol. The fourth-order valence-corrected chi connectivity index (χ4v) is 3.38. The van der Waals surface area contributed by atoms with Gasteiger partial charge in [0.15, 0.2) is 0 Å². The Bertz CT molecular complexity index is 459. The number of fused-ring (bicyclic) bond motifs is 2. The Hall–Kier alpha value is -0.910. The third-order valence-electron chi connectivity index (χ3n) is 5.21. The molecule has 0 aromatic heterocycles. The van der Waals surface area contributed by atoms with Gasteiger partial charge >= 0.3 is 5.97 Å². The molecule has 0 amide bonds. The lowest BCUT2D eigenvalue weighted by molar-refractivity contribution is -0.142. The molecule has 2 heterocycles. The van der Waals surface area contributed by atoms with Crippen LogP contribution < -0.4 is 0 Å². The van der Waals surface area contributed by atoms with Crippen molar-refractivity contribution in [1.29, 1.82) is 0 Å². The molecule has 3 aliphatic rings. The first kappa shape index (κ1) is 14.0. The highest BCUT2D eigenvalue weighted by atomic mass is 16.6. The lowest BCUT2D eigenvalue weighted by atomic mass is 9.81. The van der Waals surface area contributed by atoms with Crippen LogP contribution in [0.25, 0.3) is 0 Å². The van der Waals surface area contributed by atoms with Gasteiger partial charge < -0.3 is 19.7 Å². The quantitative estimate of drug-likeness (QED) is 0.390. The van der Waals surface area contributed by atoms with Crippen LogP contribution in [0.1, 0.15) is 33.6 Å². The van der Waals surface area contributed by atoms with E-state index in [0.29, 0.717) is 6.42 Å². The summed E-state index contributed by atoms with van der Waals surface area (Å²) in [4.78, 5) is 11.8. The van der Waals surface area contributed by atoms with Crippen LogP contribution in [0.2, 0.25) is 0 Å². The van der Waals surface area contributed by atoms with E-state index < -0.39 is 17.8 Å². The highest BCUT2D eigenvalue weighted by molar-refractivity contribution is 5.75. The maximum absolute atomic E-state index is 11.8. The van der Waals surface area contributed by atoms with Crippen molar-refractivity contribution in [2.75, 3.05) is 0 Å². The highest BCUT2D eigenvalue weighted by Gasteiger charge is 2.60. The number of rotatable bonds is 0. The van der Waals surface area contributed by atoms with E-state index in [1.165, 1.54) is 0 Å². The number of carbonyl (C=O) groups excluding carboxylic acids is 1. The van der Waals surface area contributed by atoms with Gasteiger partial charge in [0, 0.05) is 12.3 Å². The first-order valence-electron chi connectivity index (χ1n) is 7.25. The molecule has 5 nitrogen and oxygen atoms in total. The number of esters is 1. The predicted octanol–water partition coefficient (Wildman–Crippen LogP) is 0.783. The van der Waals surface area contributed by atoms with Gasteiger partial charge in [0.1, 0.15) is 11.7 Å². The topological polar surface area (TPSA) is 79.3 Å². The average molecular weight is 282 g/mol. The van der Waals surface area contributed by atoms with E-state index in [9.17, 15) is 15.0 Å². The van der Waals surface area contributed by atoms with Gasteiger partial charge in [-0.1, -0.05) is 6.92 Å². The van der Waals surface area contributed by atoms with Crippen molar-refractivity contribution in [3.8, 4) is 0 Å². The second-order valence-corrected chi connectivity index (χ2v) is 6.56. The van der Waals surface area contributed by atoms with Crippen LogP contribution in [0.3, 0.4) is 0 Å². The Labute approximate surface area is 118 Å². The molecule has 0 unspecified atom stereocenters. The fraction of sp³-hybridized carbons (Fsp3) is 0.800. The van der Waals surface area contributed by atoms with Crippen molar-refractivity contribution < 1.29 is 24.5 Å². The number of hydrogen-bond donors (Lipinski definition) is 2. The number of aliphatic hydroxyl groups is 2. The molecule has 0 radical (unpaired) electrons. The summed E-state index contributed by atoms with van der Waals surface area (Å²) in [6.07, 6.45) is 0.975. The number of epoxide rings is 1. The number of aliphatic hydroxyl groups excluding tert-OH is 2. The van der Waals surface area contributed by atoms with E-state index in [0.717, 1.165) is 5.57 Å². The molecular formula is C15H22O5. The number of ether oxygens (including phenoxy) is 2. The Morgan fingerprint density at radius 3 is 2.75 bits per heavy atom. The molecule has 0 saturated carbocycles. The molecule has 0 aromatic carbocycles. The van der Waals surface area contributed by atoms with Crippen LogP contribution in [0.5, 0.6) is 0 Å². The molecule has 0 spiro atoms. The van der Waals surface area contributed by atoms with Gasteiger partial charge in [0.25, 0.3) is 0 Å². The Balaban J connectivity index is 1.92. The second-order valence-electron chi connectivity index (χ2n) is 6.56. The molecule has 2 aliphatic heterocycles. The Morgan fingerprint density at radius 2 is 2.05 bits per heavy atom. The van der Waals surface area contributed by atoms with Crippen LogP contribution in [-0.4, -0.2) is 46.2 Å². The minimum atomic E-state index is -0.736. The SMILES string of the molecule is C/C1=C/[C@@H]2OC(=O)[C@@H](C)[C@@H]2C[C@@H]2O[C@@]2(C)[C@@H](O)C[C@@H]1O. The van der Waals surface area contributed by atoms with Gasteiger partial charge in [0.05, 0.1) is 24.2 Å². The predicted molar refractivity (Wildman–Crippen MR) is 70.8 cm³/mol. The van der Waals surface area contributed by atoms with E-state index in [-0.39, 0.29) is 36.4 Å². The van der Waals surface area contributed by atoms with Crippen molar-refractivity contribution in [2.24, 2.45) is 11.8 Å². The standard InChI is InChI=1S/C15H22O5/c1-7-4-11-9(8(2)14(18)19-11)5-13-15(3,20-13)12(17)6-10(7)16/h4,8-13,16-17H,5-6H2,1-3H3/b7-4-/t8-,9-,10-,11-,12-,13-,15-/m0/s1. The Morgan fingerprint density at radius 1 is 1.35 bits per heavy atom. The van der Waals surface area contributed by atoms with E-state index in [4.69, 9.17) is 9.47 Å². The summed E-state index contributed by atoms with van der Waals surface area (Å²) in [6.45, 7) is 5.54. The molecule has 2 saturated heterocycles. The van der Waals surface area contributed by atoms with Crippen LogP contribution in [0.4, 0.5) is 0 Å². The van der Waals surface area contributed by atoms with Gasteiger partial charge in [-0.15, -0.1) is 0 Å². The molecule has 1 aliphatic carbocycles. The summed E-state index contributed by atoms with van der Waals surface area (Å²) in [5, 5.41) is 20.4. The third kappa shape index (κ3) is 2.08. The molecule has 7 atom stereocenters. The smallest absolute Gasteiger partial charge is 0.309 e. The fourth-order valence-electron chi connectivity index (χ4n) is 3.38. The first-order chi connectivity index (χ1) is 9.33. The van der Waals surface area contributed by atoms with Crippen molar-refractivity contribution in [1.82, 2.24) is 0 Å². The molecule has 2 N–H and O–H groups in total.